The van der Waals surface area contributed by atoms with Crippen LogP contribution in [-0.2, 0) is 11.3 Å². The highest BCUT2D eigenvalue weighted by atomic mass is 32.2. The van der Waals surface area contributed by atoms with Crippen LogP contribution in [0, 0.1) is 27.2 Å². The molecular formula is C25H19N3O8S. The summed E-state index contributed by atoms with van der Waals surface area (Å²) in [6, 6.07) is 15.2. The molecule has 0 atom stereocenters. The zero-order valence-electron chi connectivity index (χ0n) is 19.6. The smallest absolute Gasteiger partial charge is 0.318 e. The lowest BCUT2D eigenvalue weighted by molar-refractivity contribution is -0.394. The lowest BCUT2D eigenvalue weighted by Crippen LogP contribution is -2.27. The Bertz CT molecular complexity index is 1470. The molecule has 37 heavy (non-hydrogen) atoms. The number of carbonyl (C=O) groups is 2. The summed E-state index contributed by atoms with van der Waals surface area (Å²) in [7, 11) is 1.37. The SMILES string of the molecule is COc1cc(/C=C2/SC(=O)N(Cc3cccc(C)c3)C2=O)ccc1Oc1ccc([N+](=O)[O-])cc1[N+](=O)[O-]. The van der Waals surface area contributed by atoms with Crippen LogP contribution in [0.2, 0.25) is 0 Å². The number of nitro benzene ring substituents is 2. The van der Waals surface area contributed by atoms with Gasteiger partial charge < -0.3 is 9.47 Å². The topological polar surface area (TPSA) is 142 Å². The Kier molecular flexibility index (Phi) is 7.20. The van der Waals surface area contributed by atoms with Gasteiger partial charge in [0.2, 0.25) is 5.75 Å². The molecule has 2 amide bonds. The lowest BCUT2D eigenvalue weighted by atomic mass is 10.1. The fraction of sp³-hybridized carbons (Fsp3) is 0.120. The summed E-state index contributed by atoms with van der Waals surface area (Å²) < 4.78 is 11.0. The second kappa shape index (κ2) is 10.5. The van der Waals surface area contributed by atoms with Crippen molar-refractivity contribution in [3.05, 3.63) is 102 Å². The highest BCUT2D eigenvalue weighted by Gasteiger charge is 2.35. The number of benzene rings is 3. The van der Waals surface area contributed by atoms with Crippen LogP contribution in [0.4, 0.5) is 16.2 Å². The molecule has 0 unspecified atom stereocenters. The third kappa shape index (κ3) is 5.59. The van der Waals surface area contributed by atoms with E-state index in [0.717, 1.165) is 41.1 Å². The summed E-state index contributed by atoms with van der Waals surface area (Å²) in [4.78, 5) is 47.6. The largest absolute Gasteiger partial charge is 0.493 e. The Hall–Kier alpha value is -4.71. The zero-order chi connectivity index (χ0) is 26.7. The van der Waals surface area contributed by atoms with Crippen LogP contribution in [-0.4, -0.2) is 33.0 Å². The van der Waals surface area contributed by atoms with Gasteiger partial charge in [0.25, 0.3) is 16.8 Å². The predicted molar refractivity (Wildman–Crippen MR) is 136 cm³/mol. The van der Waals surface area contributed by atoms with Gasteiger partial charge in [0.1, 0.15) is 0 Å². The summed E-state index contributed by atoms with van der Waals surface area (Å²) in [5.41, 5.74) is 1.37. The maximum Gasteiger partial charge on any atom is 0.318 e. The summed E-state index contributed by atoms with van der Waals surface area (Å²) in [6.45, 7) is 2.09. The number of methoxy groups -OCH3 is 1. The molecule has 0 radical (unpaired) electrons. The normalized spacial score (nSPS) is 14.2. The summed E-state index contributed by atoms with van der Waals surface area (Å²) in [6.07, 6.45) is 1.54. The number of rotatable bonds is 8. The minimum absolute atomic E-state index is 0.115. The fourth-order valence-electron chi connectivity index (χ4n) is 3.61. The number of nitro groups is 2. The van der Waals surface area contributed by atoms with E-state index in [9.17, 15) is 29.8 Å². The second-order valence-electron chi connectivity index (χ2n) is 7.94. The van der Waals surface area contributed by atoms with Crippen LogP contribution in [0.25, 0.3) is 6.08 Å². The molecule has 3 aromatic rings. The van der Waals surface area contributed by atoms with Crippen molar-refractivity contribution in [2.75, 3.05) is 7.11 Å². The molecule has 0 bridgehead atoms. The minimum Gasteiger partial charge on any atom is -0.493 e. The quantitative estimate of drug-likeness (QED) is 0.203. The molecular weight excluding hydrogens is 502 g/mol. The van der Waals surface area contributed by atoms with Crippen molar-refractivity contribution in [2.45, 2.75) is 13.5 Å². The third-order valence-electron chi connectivity index (χ3n) is 5.35. The van der Waals surface area contributed by atoms with Gasteiger partial charge in [-0.3, -0.25) is 34.7 Å². The minimum atomic E-state index is -0.782. The van der Waals surface area contributed by atoms with Crippen LogP contribution < -0.4 is 9.47 Å². The number of ether oxygens (including phenoxy) is 2. The molecule has 4 rings (SSSR count). The molecule has 188 valence electrons. The summed E-state index contributed by atoms with van der Waals surface area (Å²) in [5.74, 6) is -0.319. The monoisotopic (exact) mass is 521 g/mol. The van der Waals surface area contributed by atoms with Crippen molar-refractivity contribution in [1.82, 2.24) is 4.90 Å². The van der Waals surface area contributed by atoms with Crippen LogP contribution in [0.1, 0.15) is 16.7 Å². The van der Waals surface area contributed by atoms with Crippen LogP contribution in [0.5, 0.6) is 17.2 Å². The Morgan fingerprint density at radius 1 is 0.946 bits per heavy atom. The number of hydrogen-bond donors (Lipinski definition) is 0. The first-order valence-electron chi connectivity index (χ1n) is 10.8. The number of nitrogens with zero attached hydrogens (tertiary/aromatic N) is 3. The molecule has 1 fully saturated rings. The van der Waals surface area contributed by atoms with Crippen LogP contribution >= 0.6 is 11.8 Å². The van der Waals surface area contributed by atoms with Gasteiger partial charge in [-0.2, -0.15) is 0 Å². The number of carbonyl (C=O) groups excluding carboxylic acids is 2. The summed E-state index contributed by atoms with van der Waals surface area (Å²) >= 11 is 0.826. The Labute approximate surface area is 214 Å². The fourth-order valence-corrected chi connectivity index (χ4v) is 4.44. The highest BCUT2D eigenvalue weighted by molar-refractivity contribution is 8.18. The number of imide groups is 1. The van der Waals surface area contributed by atoms with Gasteiger partial charge in [-0.05, 0) is 54.1 Å². The first kappa shape index (κ1) is 25.4. The number of non-ortho nitro benzene ring substituents is 1. The second-order valence-corrected chi connectivity index (χ2v) is 8.93. The molecule has 1 aliphatic rings. The van der Waals surface area contributed by atoms with Crippen molar-refractivity contribution in [1.29, 1.82) is 0 Å². The summed E-state index contributed by atoms with van der Waals surface area (Å²) in [5, 5.41) is 22.0. The highest BCUT2D eigenvalue weighted by Crippen LogP contribution is 2.39. The van der Waals surface area contributed by atoms with Gasteiger partial charge in [-0.15, -0.1) is 0 Å². The van der Waals surface area contributed by atoms with Crippen molar-refractivity contribution in [3.8, 4) is 17.2 Å². The molecule has 0 N–H and O–H groups in total. The molecule has 0 spiro atoms. The van der Waals surface area contributed by atoms with Gasteiger partial charge in [-0.1, -0.05) is 35.9 Å². The third-order valence-corrected chi connectivity index (χ3v) is 6.26. The van der Waals surface area contributed by atoms with Gasteiger partial charge in [0.05, 0.1) is 34.5 Å². The van der Waals surface area contributed by atoms with E-state index < -0.39 is 27.1 Å². The van der Waals surface area contributed by atoms with Crippen molar-refractivity contribution >= 4 is 40.4 Å². The van der Waals surface area contributed by atoms with Crippen molar-refractivity contribution < 1.29 is 28.9 Å². The average molecular weight is 522 g/mol. The standard InChI is InChI=1S/C25H19N3O8S/c1-15-4-3-5-17(10-15)14-26-24(29)23(37-25(26)30)12-16-6-8-21(22(11-16)35-2)36-20-9-7-18(27(31)32)13-19(20)28(33)34/h3-13H,14H2,1-2H3/b23-12+. The van der Waals surface area contributed by atoms with Gasteiger partial charge in [0.15, 0.2) is 11.5 Å². The van der Waals surface area contributed by atoms with Gasteiger partial charge in [0, 0.05) is 6.07 Å². The first-order chi connectivity index (χ1) is 17.7. The van der Waals surface area contributed by atoms with E-state index in [2.05, 4.69) is 0 Å². The maximum atomic E-state index is 12.9. The molecule has 0 saturated carbocycles. The average Bonchev–Trinajstić information content (AvgIpc) is 3.12. The lowest BCUT2D eigenvalue weighted by Gasteiger charge is -2.13. The number of amides is 2. The van der Waals surface area contributed by atoms with E-state index in [1.807, 2.05) is 31.2 Å². The molecule has 11 nitrogen and oxygen atoms in total. The van der Waals surface area contributed by atoms with E-state index in [-0.39, 0.29) is 33.9 Å². The Morgan fingerprint density at radius 2 is 1.70 bits per heavy atom. The van der Waals surface area contributed by atoms with E-state index in [0.29, 0.717) is 5.56 Å². The molecule has 0 aliphatic carbocycles. The van der Waals surface area contributed by atoms with Gasteiger partial charge >= 0.3 is 5.69 Å². The van der Waals surface area contributed by atoms with Crippen molar-refractivity contribution in [2.24, 2.45) is 0 Å². The predicted octanol–water partition coefficient (Wildman–Crippen LogP) is 5.85. The molecule has 3 aromatic carbocycles. The van der Waals surface area contributed by atoms with E-state index >= 15 is 0 Å². The molecule has 0 aromatic heterocycles. The number of aryl methyl sites for hydroxylation is 1. The Morgan fingerprint density at radius 3 is 2.38 bits per heavy atom. The van der Waals surface area contributed by atoms with Gasteiger partial charge in [-0.25, -0.2) is 0 Å². The zero-order valence-corrected chi connectivity index (χ0v) is 20.4. The van der Waals surface area contributed by atoms with Crippen LogP contribution in [0.15, 0.2) is 65.6 Å². The maximum absolute atomic E-state index is 12.9. The molecule has 1 saturated heterocycles. The molecule has 12 heteroatoms. The van der Waals surface area contributed by atoms with E-state index in [1.54, 1.807) is 18.2 Å². The molecule has 1 heterocycles. The Balaban J connectivity index is 1.57. The van der Waals surface area contributed by atoms with Crippen molar-refractivity contribution in [3.63, 3.8) is 0 Å². The first-order valence-corrected chi connectivity index (χ1v) is 11.6. The molecule has 1 aliphatic heterocycles. The number of hydrogen-bond acceptors (Lipinski definition) is 9. The number of thioether (sulfide) groups is 1. The van der Waals surface area contributed by atoms with E-state index in [4.69, 9.17) is 9.47 Å². The van der Waals surface area contributed by atoms with Crippen LogP contribution in [0.3, 0.4) is 0 Å². The van der Waals surface area contributed by atoms with E-state index in [1.165, 1.54) is 18.1 Å².